The summed E-state index contributed by atoms with van der Waals surface area (Å²) in [6.45, 7) is 6.00. The van der Waals surface area contributed by atoms with Crippen molar-refractivity contribution >= 4 is 0 Å². The van der Waals surface area contributed by atoms with E-state index in [4.69, 9.17) is 4.74 Å². The minimum atomic E-state index is 0.463. The molecule has 0 aliphatic heterocycles. The molecule has 0 aromatic heterocycles. The van der Waals surface area contributed by atoms with Crippen molar-refractivity contribution in [3.63, 3.8) is 0 Å². The third-order valence-electron chi connectivity index (χ3n) is 3.78. The Kier molecular flexibility index (Phi) is 5.97. The molecule has 1 unspecified atom stereocenters. The molecule has 0 bridgehead atoms. The third kappa shape index (κ3) is 5.00. The highest BCUT2D eigenvalue weighted by molar-refractivity contribution is 5.26. The van der Waals surface area contributed by atoms with Crippen LogP contribution in [-0.2, 0) is 24.3 Å². The van der Waals surface area contributed by atoms with Gasteiger partial charge in [0.1, 0.15) is 0 Å². The van der Waals surface area contributed by atoms with Gasteiger partial charge in [-0.05, 0) is 42.5 Å². The number of benzene rings is 2. The quantitative estimate of drug-likeness (QED) is 0.833. The van der Waals surface area contributed by atoms with Gasteiger partial charge in [0.2, 0.25) is 0 Å². The van der Waals surface area contributed by atoms with Crippen LogP contribution in [0.5, 0.6) is 0 Å². The van der Waals surface area contributed by atoms with Crippen LogP contribution >= 0.6 is 0 Å². The number of hydrogen-bond acceptors (Lipinski definition) is 2. The van der Waals surface area contributed by atoms with E-state index in [1.807, 2.05) is 0 Å². The summed E-state index contributed by atoms with van der Waals surface area (Å²) >= 11 is 0. The van der Waals surface area contributed by atoms with E-state index in [0.29, 0.717) is 12.6 Å². The average Bonchev–Trinajstić information content (AvgIpc) is 2.49. The lowest BCUT2D eigenvalue weighted by molar-refractivity contribution is 0.185. The van der Waals surface area contributed by atoms with Crippen LogP contribution in [0.1, 0.15) is 29.2 Å². The number of aryl methyl sites for hydroxylation is 1. The van der Waals surface area contributed by atoms with Crippen LogP contribution in [0.2, 0.25) is 0 Å². The molecule has 0 spiro atoms. The van der Waals surface area contributed by atoms with E-state index < -0.39 is 0 Å². The zero-order valence-corrected chi connectivity index (χ0v) is 13.2. The van der Waals surface area contributed by atoms with Crippen molar-refractivity contribution in [2.24, 2.45) is 0 Å². The van der Waals surface area contributed by atoms with Gasteiger partial charge in [-0.2, -0.15) is 0 Å². The van der Waals surface area contributed by atoms with Crippen LogP contribution in [0.25, 0.3) is 0 Å². The predicted molar refractivity (Wildman–Crippen MR) is 88.3 cm³/mol. The fourth-order valence-corrected chi connectivity index (χ4v) is 2.45. The molecular weight excluding hydrogens is 258 g/mol. The Labute approximate surface area is 128 Å². The standard InChI is InChI=1S/C19H25NO/c1-15-6-4-5-7-19(15)12-16(2)20-13-17-8-10-18(11-9-17)14-21-3/h4-11,16,20H,12-14H2,1-3H3. The highest BCUT2D eigenvalue weighted by atomic mass is 16.5. The largest absolute Gasteiger partial charge is 0.380 e. The second-order valence-corrected chi connectivity index (χ2v) is 5.66. The molecule has 0 aliphatic carbocycles. The Balaban J connectivity index is 1.83. The first-order chi connectivity index (χ1) is 10.2. The Hall–Kier alpha value is -1.64. The van der Waals surface area contributed by atoms with Crippen LogP contribution in [0.3, 0.4) is 0 Å². The average molecular weight is 283 g/mol. The molecular formula is C19H25NO. The van der Waals surface area contributed by atoms with Gasteiger partial charge in [0.25, 0.3) is 0 Å². The van der Waals surface area contributed by atoms with Crippen LogP contribution < -0.4 is 5.32 Å². The van der Waals surface area contributed by atoms with Crippen LogP contribution in [-0.4, -0.2) is 13.2 Å². The smallest absolute Gasteiger partial charge is 0.0713 e. The van der Waals surface area contributed by atoms with Gasteiger partial charge in [-0.15, -0.1) is 0 Å². The first-order valence-electron chi connectivity index (χ1n) is 7.53. The van der Waals surface area contributed by atoms with E-state index in [-0.39, 0.29) is 0 Å². The molecule has 0 fully saturated rings. The second kappa shape index (κ2) is 7.96. The van der Waals surface area contributed by atoms with Crippen molar-refractivity contribution in [3.05, 3.63) is 70.8 Å². The summed E-state index contributed by atoms with van der Waals surface area (Å²) in [5.74, 6) is 0. The van der Waals surface area contributed by atoms with Crippen molar-refractivity contribution < 1.29 is 4.74 Å². The number of rotatable bonds is 7. The molecule has 2 heteroatoms. The van der Waals surface area contributed by atoms with Crippen molar-refractivity contribution in [2.45, 2.75) is 39.5 Å². The van der Waals surface area contributed by atoms with Gasteiger partial charge in [0, 0.05) is 19.7 Å². The number of hydrogen-bond donors (Lipinski definition) is 1. The topological polar surface area (TPSA) is 21.3 Å². The minimum absolute atomic E-state index is 0.463. The van der Waals surface area contributed by atoms with E-state index in [9.17, 15) is 0 Å². The van der Waals surface area contributed by atoms with Crippen molar-refractivity contribution in [1.82, 2.24) is 5.32 Å². The first kappa shape index (κ1) is 15.7. The molecule has 0 amide bonds. The van der Waals surface area contributed by atoms with Gasteiger partial charge in [0.05, 0.1) is 6.61 Å². The molecule has 0 saturated heterocycles. The number of ether oxygens (including phenoxy) is 1. The van der Waals surface area contributed by atoms with Crippen molar-refractivity contribution in [3.8, 4) is 0 Å². The highest BCUT2D eigenvalue weighted by Gasteiger charge is 2.05. The lowest BCUT2D eigenvalue weighted by Crippen LogP contribution is -2.27. The molecule has 2 aromatic carbocycles. The van der Waals surface area contributed by atoms with Gasteiger partial charge < -0.3 is 10.1 Å². The Morgan fingerprint density at radius 3 is 2.33 bits per heavy atom. The van der Waals surface area contributed by atoms with E-state index >= 15 is 0 Å². The molecule has 2 nitrogen and oxygen atoms in total. The lowest BCUT2D eigenvalue weighted by Gasteiger charge is -2.15. The van der Waals surface area contributed by atoms with Crippen molar-refractivity contribution in [2.75, 3.05) is 7.11 Å². The fraction of sp³-hybridized carbons (Fsp3) is 0.368. The van der Waals surface area contributed by atoms with Crippen LogP contribution in [0.15, 0.2) is 48.5 Å². The number of methoxy groups -OCH3 is 1. The van der Waals surface area contributed by atoms with Gasteiger partial charge in [-0.3, -0.25) is 0 Å². The molecule has 0 aliphatic rings. The molecule has 1 atom stereocenters. The summed E-state index contributed by atoms with van der Waals surface area (Å²) in [7, 11) is 1.72. The summed E-state index contributed by atoms with van der Waals surface area (Å²) in [5, 5.41) is 3.59. The summed E-state index contributed by atoms with van der Waals surface area (Å²) in [6, 6.07) is 17.7. The summed E-state index contributed by atoms with van der Waals surface area (Å²) < 4.78 is 5.13. The summed E-state index contributed by atoms with van der Waals surface area (Å²) in [5.41, 5.74) is 5.32. The monoisotopic (exact) mass is 283 g/mol. The molecule has 0 saturated carbocycles. The normalized spacial score (nSPS) is 12.3. The zero-order chi connectivity index (χ0) is 15.1. The van der Waals surface area contributed by atoms with Gasteiger partial charge >= 0.3 is 0 Å². The molecule has 1 N–H and O–H groups in total. The lowest BCUT2D eigenvalue weighted by atomic mass is 10.0. The first-order valence-corrected chi connectivity index (χ1v) is 7.53. The van der Waals surface area contributed by atoms with Crippen molar-refractivity contribution in [1.29, 1.82) is 0 Å². The Morgan fingerprint density at radius 2 is 1.67 bits per heavy atom. The maximum Gasteiger partial charge on any atom is 0.0713 e. The Bertz CT molecular complexity index is 548. The number of nitrogens with one attached hydrogen (secondary N) is 1. The third-order valence-corrected chi connectivity index (χ3v) is 3.78. The highest BCUT2D eigenvalue weighted by Crippen LogP contribution is 2.10. The van der Waals surface area contributed by atoms with Gasteiger partial charge in [-0.25, -0.2) is 0 Å². The summed E-state index contributed by atoms with van der Waals surface area (Å²) in [6.07, 6.45) is 1.06. The predicted octanol–water partition coefficient (Wildman–Crippen LogP) is 3.86. The molecule has 2 rings (SSSR count). The maximum atomic E-state index is 5.13. The molecule has 2 aromatic rings. The van der Waals surface area contributed by atoms with E-state index in [1.54, 1.807) is 7.11 Å². The second-order valence-electron chi connectivity index (χ2n) is 5.66. The molecule has 21 heavy (non-hydrogen) atoms. The molecule has 0 heterocycles. The van der Waals surface area contributed by atoms with Crippen LogP contribution in [0.4, 0.5) is 0 Å². The van der Waals surface area contributed by atoms with Gasteiger partial charge in [-0.1, -0.05) is 48.5 Å². The van der Waals surface area contributed by atoms with E-state index in [1.165, 1.54) is 22.3 Å². The Morgan fingerprint density at radius 1 is 1.00 bits per heavy atom. The maximum absolute atomic E-state index is 5.13. The molecule has 0 radical (unpaired) electrons. The minimum Gasteiger partial charge on any atom is -0.380 e. The van der Waals surface area contributed by atoms with Gasteiger partial charge in [0.15, 0.2) is 0 Å². The summed E-state index contributed by atoms with van der Waals surface area (Å²) in [4.78, 5) is 0. The van der Waals surface area contributed by atoms with Crippen LogP contribution in [0, 0.1) is 6.92 Å². The molecule has 112 valence electrons. The van der Waals surface area contributed by atoms with E-state index in [2.05, 4.69) is 67.7 Å². The zero-order valence-electron chi connectivity index (χ0n) is 13.2. The van der Waals surface area contributed by atoms with E-state index in [0.717, 1.165) is 13.0 Å². The SMILES string of the molecule is COCc1ccc(CNC(C)Cc2ccccc2C)cc1. The fourth-order valence-electron chi connectivity index (χ4n) is 2.45.